The number of likely N-dealkylation sites (tertiary alicyclic amines) is 1. The molecule has 2 fully saturated rings. The molecule has 0 spiro atoms. The molecule has 10 nitrogen and oxygen atoms in total. The lowest BCUT2D eigenvalue weighted by Gasteiger charge is -2.27. The second-order valence-electron chi connectivity index (χ2n) is 11.2. The molecule has 1 unspecified atom stereocenters. The SMILES string of the molecule is CCc1cc(Br)nc(NC(=O)[C@@H]2C[C@@]3(C)CC3N2C(=O)Cn2nc(C(C)=O)c3cc(-c4cnc(C)nc4)ccc32)c1. The number of nitrogens with one attached hydrogen (secondary N) is 1. The van der Waals surface area contributed by atoms with Crippen LogP contribution in [-0.2, 0) is 22.6 Å². The summed E-state index contributed by atoms with van der Waals surface area (Å²) in [4.78, 5) is 54.5. The van der Waals surface area contributed by atoms with Crippen molar-refractivity contribution in [2.45, 2.75) is 65.6 Å². The summed E-state index contributed by atoms with van der Waals surface area (Å²) in [5.41, 5.74) is 3.59. The van der Waals surface area contributed by atoms with Crippen molar-refractivity contribution >= 4 is 50.2 Å². The van der Waals surface area contributed by atoms with Gasteiger partial charge in [-0.05, 0) is 82.9 Å². The Balaban J connectivity index is 1.28. The van der Waals surface area contributed by atoms with Crippen LogP contribution in [0.15, 0.2) is 47.3 Å². The van der Waals surface area contributed by atoms with Crippen LogP contribution in [0.4, 0.5) is 5.82 Å². The predicted molar refractivity (Wildman–Crippen MR) is 157 cm³/mol. The van der Waals surface area contributed by atoms with Crippen molar-refractivity contribution in [1.29, 1.82) is 0 Å². The average Bonchev–Trinajstić information content (AvgIpc) is 3.30. The summed E-state index contributed by atoms with van der Waals surface area (Å²) in [6, 6.07) is 8.79. The van der Waals surface area contributed by atoms with Crippen LogP contribution in [0.2, 0.25) is 0 Å². The molecule has 3 atom stereocenters. The number of anilines is 1. The van der Waals surface area contributed by atoms with E-state index in [9.17, 15) is 14.4 Å². The number of halogens is 1. The summed E-state index contributed by atoms with van der Waals surface area (Å²) in [7, 11) is 0. The largest absolute Gasteiger partial charge is 0.325 e. The number of aryl methyl sites for hydroxylation is 2. The summed E-state index contributed by atoms with van der Waals surface area (Å²) in [5, 5.41) is 8.13. The second-order valence-corrected chi connectivity index (χ2v) is 12.0. The molecule has 2 aliphatic rings. The maximum absolute atomic E-state index is 13.8. The summed E-state index contributed by atoms with van der Waals surface area (Å²) in [5.74, 6) is 0.477. The molecule has 3 aromatic heterocycles. The highest BCUT2D eigenvalue weighted by Crippen LogP contribution is 2.59. The first kappa shape index (κ1) is 27.2. The van der Waals surface area contributed by atoms with E-state index in [-0.39, 0.29) is 35.6 Å². The van der Waals surface area contributed by atoms with Crippen LogP contribution in [0.1, 0.15) is 55.5 Å². The van der Waals surface area contributed by atoms with Crippen LogP contribution in [0, 0.1) is 12.3 Å². The smallest absolute Gasteiger partial charge is 0.248 e. The highest BCUT2D eigenvalue weighted by atomic mass is 79.9. The van der Waals surface area contributed by atoms with Gasteiger partial charge in [0.1, 0.15) is 34.5 Å². The van der Waals surface area contributed by atoms with Crippen LogP contribution < -0.4 is 5.32 Å². The van der Waals surface area contributed by atoms with Crippen molar-refractivity contribution in [3.05, 3.63) is 64.4 Å². The van der Waals surface area contributed by atoms with Crippen LogP contribution in [-0.4, -0.2) is 59.3 Å². The molecular formula is C30H30BrN7O3. The summed E-state index contributed by atoms with van der Waals surface area (Å²) in [6.07, 6.45) is 5.73. The summed E-state index contributed by atoms with van der Waals surface area (Å²) >= 11 is 3.41. The number of amides is 2. The van der Waals surface area contributed by atoms with Gasteiger partial charge in [-0.1, -0.05) is 19.9 Å². The van der Waals surface area contributed by atoms with E-state index in [1.54, 1.807) is 22.0 Å². The molecule has 4 aromatic rings. The van der Waals surface area contributed by atoms with Crippen LogP contribution >= 0.6 is 15.9 Å². The minimum Gasteiger partial charge on any atom is -0.325 e. The molecule has 1 aliphatic heterocycles. The summed E-state index contributed by atoms with van der Waals surface area (Å²) < 4.78 is 2.21. The fourth-order valence-corrected chi connectivity index (χ4v) is 6.36. The molecule has 0 bridgehead atoms. The number of piperidine rings is 1. The van der Waals surface area contributed by atoms with E-state index >= 15 is 0 Å². The molecule has 1 aromatic carbocycles. The highest BCUT2D eigenvalue weighted by Gasteiger charge is 2.64. The van der Waals surface area contributed by atoms with Crippen molar-refractivity contribution in [2.24, 2.45) is 5.41 Å². The van der Waals surface area contributed by atoms with Crippen molar-refractivity contribution in [2.75, 3.05) is 5.32 Å². The Labute approximate surface area is 245 Å². The van der Waals surface area contributed by atoms with Crippen molar-refractivity contribution in [3.63, 3.8) is 0 Å². The number of hydrogen-bond acceptors (Lipinski definition) is 7. The minimum atomic E-state index is -0.612. The number of hydrogen-bond donors (Lipinski definition) is 1. The number of rotatable bonds is 7. The first-order chi connectivity index (χ1) is 19.6. The van der Waals surface area contributed by atoms with Crippen LogP contribution in [0.25, 0.3) is 22.0 Å². The number of benzene rings is 1. The lowest BCUT2D eigenvalue weighted by atomic mass is 10.0. The van der Waals surface area contributed by atoms with Crippen molar-refractivity contribution in [1.82, 2.24) is 29.6 Å². The van der Waals surface area contributed by atoms with E-state index in [2.05, 4.69) is 48.2 Å². The lowest BCUT2D eigenvalue weighted by molar-refractivity contribution is -0.138. The predicted octanol–water partition coefficient (Wildman–Crippen LogP) is 4.74. The van der Waals surface area contributed by atoms with Crippen molar-refractivity contribution < 1.29 is 14.4 Å². The quantitative estimate of drug-likeness (QED) is 0.235. The van der Waals surface area contributed by atoms with Gasteiger partial charge in [-0.25, -0.2) is 15.0 Å². The summed E-state index contributed by atoms with van der Waals surface area (Å²) in [6.45, 7) is 7.35. The average molecular weight is 617 g/mol. The third kappa shape index (κ3) is 5.03. The van der Waals surface area contributed by atoms with E-state index in [1.165, 1.54) is 6.92 Å². The first-order valence-electron chi connectivity index (χ1n) is 13.7. The van der Waals surface area contributed by atoms with Gasteiger partial charge in [0, 0.05) is 36.3 Å². The molecule has 1 saturated heterocycles. The van der Waals surface area contributed by atoms with E-state index in [0.717, 1.165) is 29.5 Å². The number of nitrogens with zero attached hydrogens (tertiary/aromatic N) is 6. The first-order valence-corrected chi connectivity index (χ1v) is 14.4. The Morgan fingerprint density at radius 3 is 2.56 bits per heavy atom. The second kappa shape index (κ2) is 10.1. The van der Waals surface area contributed by atoms with Gasteiger partial charge in [0.15, 0.2) is 5.78 Å². The molecule has 1 aliphatic carbocycles. The Kier molecular flexibility index (Phi) is 6.72. The van der Waals surface area contributed by atoms with E-state index in [0.29, 0.717) is 39.3 Å². The molecule has 11 heteroatoms. The lowest BCUT2D eigenvalue weighted by Crippen LogP contribution is -2.46. The molecule has 210 valence electrons. The number of aromatic nitrogens is 5. The third-order valence-corrected chi connectivity index (χ3v) is 8.63. The number of Topliss-reactive ketones (excluding diaryl/α,β-unsaturated/α-hetero) is 1. The van der Waals surface area contributed by atoms with Gasteiger partial charge in [-0.15, -0.1) is 0 Å². The zero-order valence-electron chi connectivity index (χ0n) is 23.3. The number of carbonyl (C=O) groups excluding carboxylic acids is 3. The van der Waals surface area contributed by atoms with Gasteiger partial charge < -0.3 is 10.2 Å². The standard InChI is InChI=1S/C30H30BrN7O3/c1-5-18-8-25(31)34-26(9-18)35-29(41)23-11-30(4)12-24(30)38(23)27(40)15-37-22-7-6-19(20-13-32-17(3)33-14-20)10-21(22)28(36-37)16(2)39/h6-10,13-14,23-24H,5,11-12,15H2,1-4H3,(H,34,35,41)/t23-,24?,30-/m0/s1. The van der Waals surface area contributed by atoms with Gasteiger partial charge in [0.25, 0.3) is 0 Å². The normalized spacial score (nSPS) is 21.1. The van der Waals surface area contributed by atoms with Crippen LogP contribution in [0.3, 0.4) is 0 Å². The van der Waals surface area contributed by atoms with Gasteiger partial charge >= 0.3 is 0 Å². The Hall–Kier alpha value is -3.99. The Morgan fingerprint density at radius 2 is 1.85 bits per heavy atom. The number of carbonyl (C=O) groups is 3. The number of pyridine rings is 1. The Morgan fingerprint density at radius 1 is 1.10 bits per heavy atom. The topological polar surface area (TPSA) is 123 Å². The molecule has 4 heterocycles. The molecular weight excluding hydrogens is 586 g/mol. The zero-order chi connectivity index (χ0) is 29.1. The molecule has 1 saturated carbocycles. The monoisotopic (exact) mass is 615 g/mol. The van der Waals surface area contributed by atoms with Gasteiger partial charge in [-0.3, -0.25) is 19.1 Å². The maximum atomic E-state index is 13.8. The van der Waals surface area contributed by atoms with Gasteiger partial charge in [0.05, 0.1) is 5.52 Å². The highest BCUT2D eigenvalue weighted by molar-refractivity contribution is 9.10. The van der Waals surface area contributed by atoms with E-state index < -0.39 is 6.04 Å². The molecule has 41 heavy (non-hydrogen) atoms. The van der Waals surface area contributed by atoms with E-state index in [4.69, 9.17) is 0 Å². The van der Waals surface area contributed by atoms with Crippen LogP contribution in [0.5, 0.6) is 0 Å². The van der Waals surface area contributed by atoms with E-state index in [1.807, 2.05) is 44.2 Å². The molecule has 6 rings (SSSR count). The van der Waals surface area contributed by atoms with Crippen molar-refractivity contribution in [3.8, 4) is 11.1 Å². The fraction of sp³-hybridized carbons (Fsp3) is 0.367. The molecule has 1 N–H and O–H groups in total. The van der Waals surface area contributed by atoms with Gasteiger partial charge in [0.2, 0.25) is 11.8 Å². The number of ketones is 1. The zero-order valence-corrected chi connectivity index (χ0v) is 24.9. The molecule has 0 radical (unpaired) electrons. The fourth-order valence-electron chi connectivity index (χ4n) is 5.88. The third-order valence-electron chi connectivity index (χ3n) is 8.22. The van der Waals surface area contributed by atoms with Gasteiger partial charge in [-0.2, -0.15) is 5.10 Å². The Bertz CT molecular complexity index is 1720. The minimum absolute atomic E-state index is 0.00494. The molecule has 2 amide bonds. The number of fused-ring (bicyclic) bond motifs is 2. The maximum Gasteiger partial charge on any atom is 0.248 e.